The number of hydrogen-bond donors (Lipinski definition) is 1. The van der Waals surface area contributed by atoms with Crippen LogP contribution in [-0.4, -0.2) is 38.0 Å². The Bertz CT molecular complexity index is 654. The van der Waals surface area contributed by atoms with E-state index in [0.29, 0.717) is 43.1 Å². The summed E-state index contributed by atoms with van der Waals surface area (Å²) in [6, 6.07) is 3.27. The third-order valence-corrected chi connectivity index (χ3v) is 6.21. The molecule has 1 atom stereocenters. The summed E-state index contributed by atoms with van der Waals surface area (Å²) in [5.41, 5.74) is 6.70. The minimum absolute atomic E-state index is 0.0310. The van der Waals surface area contributed by atoms with Gasteiger partial charge in [0.1, 0.15) is 11.9 Å². The average molecular weight is 331 g/mol. The quantitative estimate of drug-likeness (QED) is 0.897. The minimum atomic E-state index is -3.51. The summed E-state index contributed by atoms with van der Waals surface area (Å²) in [5.74, 6) is 0.615. The van der Waals surface area contributed by atoms with Gasteiger partial charge >= 0.3 is 0 Å². The summed E-state index contributed by atoms with van der Waals surface area (Å²) in [7, 11) is -3.51. The Hall–Kier alpha value is -0.820. The van der Waals surface area contributed by atoms with Crippen molar-refractivity contribution < 1.29 is 13.2 Å². The molecule has 2 heterocycles. The molecule has 1 aromatic rings. The smallest absolute Gasteiger partial charge is 0.243 e. The molecule has 116 valence electrons. The first-order chi connectivity index (χ1) is 9.88. The molecule has 0 radical (unpaired) electrons. The lowest BCUT2D eigenvalue weighted by molar-refractivity contribution is 0.255. The first-order valence-corrected chi connectivity index (χ1v) is 8.94. The maximum Gasteiger partial charge on any atom is 0.243 e. The van der Waals surface area contributed by atoms with Crippen LogP contribution in [0.3, 0.4) is 0 Å². The Kier molecular flexibility index (Phi) is 3.90. The van der Waals surface area contributed by atoms with Gasteiger partial charge in [0, 0.05) is 31.1 Å². The Balaban J connectivity index is 1.93. The number of sulfonamides is 1. The van der Waals surface area contributed by atoms with Crippen LogP contribution in [0.5, 0.6) is 5.75 Å². The van der Waals surface area contributed by atoms with E-state index >= 15 is 0 Å². The molecule has 1 unspecified atom stereocenters. The predicted octanol–water partition coefficient (Wildman–Crippen LogP) is 1.78. The van der Waals surface area contributed by atoms with Crippen LogP contribution in [0.25, 0.3) is 0 Å². The van der Waals surface area contributed by atoms with Gasteiger partial charge in [-0.3, -0.25) is 0 Å². The van der Waals surface area contributed by atoms with E-state index in [9.17, 15) is 8.42 Å². The Labute approximate surface area is 130 Å². The summed E-state index contributed by atoms with van der Waals surface area (Å²) in [5, 5.41) is 0.365. The third-order valence-electron chi connectivity index (χ3n) is 4.06. The molecule has 0 saturated carbocycles. The number of halogens is 1. The molecule has 1 saturated heterocycles. The van der Waals surface area contributed by atoms with Gasteiger partial charge in [0.05, 0.1) is 9.92 Å². The van der Waals surface area contributed by atoms with Crippen LogP contribution in [0.15, 0.2) is 17.0 Å². The molecule has 0 aromatic heterocycles. The van der Waals surface area contributed by atoms with Gasteiger partial charge in [-0.2, -0.15) is 4.31 Å². The van der Waals surface area contributed by atoms with Crippen LogP contribution in [0.4, 0.5) is 0 Å². The summed E-state index contributed by atoms with van der Waals surface area (Å²) < 4.78 is 32.5. The molecular formula is C14H19ClN2O3S. The molecule has 2 aliphatic heterocycles. The first kappa shape index (κ1) is 15.1. The molecule has 21 heavy (non-hydrogen) atoms. The SMILES string of the molecule is CC1Cc2cc(S(=O)(=O)N3CCC(N)CC3)cc(Cl)c2O1. The number of piperidine rings is 1. The van der Waals surface area contributed by atoms with E-state index < -0.39 is 10.0 Å². The lowest BCUT2D eigenvalue weighted by Crippen LogP contribution is -2.42. The number of hydrogen-bond acceptors (Lipinski definition) is 4. The Morgan fingerprint density at radius 1 is 1.33 bits per heavy atom. The van der Waals surface area contributed by atoms with Crippen LogP contribution >= 0.6 is 11.6 Å². The molecule has 0 bridgehead atoms. The van der Waals surface area contributed by atoms with Crippen molar-refractivity contribution in [2.75, 3.05) is 13.1 Å². The van der Waals surface area contributed by atoms with Crippen LogP contribution in [-0.2, 0) is 16.4 Å². The molecule has 3 rings (SSSR count). The summed E-state index contributed by atoms with van der Waals surface area (Å²) in [6.07, 6.45) is 2.10. The molecule has 7 heteroatoms. The van der Waals surface area contributed by atoms with Gasteiger partial charge in [-0.15, -0.1) is 0 Å². The van der Waals surface area contributed by atoms with Crippen molar-refractivity contribution in [1.29, 1.82) is 0 Å². The van der Waals surface area contributed by atoms with E-state index in [1.54, 1.807) is 6.07 Å². The lowest BCUT2D eigenvalue weighted by Gasteiger charge is -2.29. The minimum Gasteiger partial charge on any atom is -0.489 e. The Morgan fingerprint density at radius 3 is 2.67 bits per heavy atom. The second kappa shape index (κ2) is 5.43. The number of nitrogens with two attached hydrogens (primary N) is 1. The van der Waals surface area contributed by atoms with E-state index in [0.717, 1.165) is 5.56 Å². The average Bonchev–Trinajstić information content (AvgIpc) is 2.80. The fourth-order valence-electron chi connectivity index (χ4n) is 2.87. The molecule has 2 N–H and O–H groups in total. The van der Waals surface area contributed by atoms with E-state index in [1.165, 1.54) is 10.4 Å². The molecule has 0 aliphatic carbocycles. The highest BCUT2D eigenvalue weighted by Gasteiger charge is 2.31. The highest BCUT2D eigenvalue weighted by molar-refractivity contribution is 7.89. The second-order valence-electron chi connectivity index (χ2n) is 5.77. The fraction of sp³-hybridized carbons (Fsp3) is 0.571. The van der Waals surface area contributed by atoms with E-state index in [-0.39, 0.29) is 17.0 Å². The summed E-state index contributed by atoms with van der Waals surface area (Å²) >= 11 is 6.18. The van der Waals surface area contributed by atoms with Crippen LogP contribution in [0.1, 0.15) is 25.3 Å². The van der Waals surface area contributed by atoms with Crippen molar-refractivity contribution >= 4 is 21.6 Å². The zero-order chi connectivity index (χ0) is 15.2. The van der Waals surface area contributed by atoms with Crippen LogP contribution < -0.4 is 10.5 Å². The van der Waals surface area contributed by atoms with Crippen molar-refractivity contribution in [3.63, 3.8) is 0 Å². The first-order valence-electron chi connectivity index (χ1n) is 7.12. The van der Waals surface area contributed by atoms with Crippen molar-refractivity contribution in [3.8, 4) is 5.75 Å². The molecule has 2 aliphatic rings. The van der Waals surface area contributed by atoms with Crippen LogP contribution in [0.2, 0.25) is 5.02 Å². The number of rotatable bonds is 2. The van der Waals surface area contributed by atoms with Gasteiger partial charge in [-0.1, -0.05) is 11.6 Å². The molecule has 5 nitrogen and oxygen atoms in total. The summed E-state index contributed by atoms with van der Waals surface area (Å²) in [6.45, 7) is 2.87. The van der Waals surface area contributed by atoms with Gasteiger partial charge in [0.25, 0.3) is 0 Å². The maximum atomic E-state index is 12.7. The zero-order valence-electron chi connectivity index (χ0n) is 11.9. The number of fused-ring (bicyclic) bond motifs is 1. The number of nitrogens with zero attached hydrogens (tertiary/aromatic N) is 1. The predicted molar refractivity (Wildman–Crippen MR) is 81.2 cm³/mol. The van der Waals surface area contributed by atoms with Crippen molar-refractivity contribution in [1.82, 2.24) is 4.31 Å². The van der Waals surface area contributed by atoms with Gasteiger partial charge in [-0.05, 0) is 31.9 Å². The molecule has 0 amide bonds. The maximum absolute atomic E-state index is 12.7. The standard InChI is InChI=1S/C14H19ClN2O3S/c1-9-6-10-7-12(8-13(15)14(10)20-9)21(18,19)17-4-2-11(16)3-5-17/h7-9,11H,2-6,16H2,1H3. The van der Waals surface area contributed by atoms with Gasteiger partial charge < -0.3 is 10.5 Å². The van der Waals surface area contributed by atoms with Crippen molar-refractivity contribution in [2.24, 2.45) is 5.73 Å². The van der Waals surface area contributed by atoms with E-state index in [2.05, 4.69) is 0 Å². The monoisotopic (exact) mass is 330 g/mol. The van der Waals surface area contributed by atoms with Crippen LogP contribution in [0, 0.1) is 0 Å². The van der Waals surface area contributed by atoms with E-state index in [1.807, 2.05) is 6.92 Å². The number of ether oxygens (including phenoxy) is 1. The highest BCUT2D eigenvalue weighted by Crippen LogP contribution is 2.38. The zero-order valence-corrected chi connectivity index (χ0v) is 13.5. The largest absolute Gasteiger partial charge is 0.489 e. The molecule has 0 spiro atoms. The van der Waals surface area contributed by atoms with Crippen molar-refractivity contribution in [3.05, 3.63) is 22.7 Å². The van der Waals surface area contributed by atoms with Crippen molar-refractivity contribution in [2.45, 2.75) is 43.2 Å². The molecular weight excluding hydrogens is 312 g/mol. The van der Waals surface area contributed by atoms with Gasteiger partial charge in [0.15, 0.2) is 0 Å². The van der Waals surface area contributed by atoms with Gasteiger partial charge in [-0.25, -0.2) is 8.42 Å². The highest BCUT2D eigenvalue weighted by atomic mass is 35.5. The normalized spacial score (nSPS) is 23.9. The Morgan fingerprint density at radius 2 is 2.00 bits per heavy atom. The molecule has 1 aromatic carbocycles. The molecule has 1 fully saturated rings. The van der Waals surface area contributed by atoms with E-state index in [4.69, 9.17) is 22.1 Å². The second-order valence-corrected chi connectivity index (χ2v) is 8.11. The fourth-order valence-corrected chi connectivity index (χ4v) is 4.77. The summed E-state index contributed by atoms with van der Waals surface area (Å²) in [4.78, 5) is 0.249. The topological polar surface area (TPSA) is 72.6 Å². The third kappa shape index (κ3) is 2.77. The van der Waals surface area contributed by atoms with Gasteiger partial charge in [0.2, 0.25) is 10.0 Å². The number of benzene rings is 1. The lowest BCUT2D eigenvalue weighted by atomic mass is 10.1.